The van der Waals surface area contributed by atoms with Crippen LogP contribution in [0.2, 0.25) is 0 Å². The van der Waals surface area contributed by atoms with Gasteiger partial charge in [0.1, 0.15) is 11.5 Å². The van der Waals surface area contributed by atoms with Crippen molar-refractivity contribution in [1.82, 2.24) is 0 Å². The standard InChI is InChI=1S/C19H18O5/c1-2-23-16-10-6-15(7-11-16)18(20)12-5-14-3-8-17(9-4-14)24-13-19(21)22/h3-12H,2,13H2,1H3,(H,21,22). The van der Waals surface area contributed by atoms with Gasteiger partial charge in [-0.25, -0.2) is 4.79 Å². The highest BCUT2D eigenvalue weighted by Gasteiger charge is 2.02. The molecule has 0 aliphatic carbocycles. The van der Waals surface area contributed by atoms with E-state index in [2.05, 4.69) is 0 Å². The van der Waals surface area contributed by atoms with E-state index in [1.54, 1.807) is 54.6 Å². The molecule has 0 spiro atoms. The Kier molecular flexibility index (Phi) is 6.14. The Hall–Kier alpha value is -3.08. The Morgan fingerprint density at radius 2 is 1.54 bits per heavy atom. The molecule has 0 aliphatic rings. The van der Waals surface area contributed by atoms with E-state index in [0.717, 1.165) is 11.3 Å². The second-order valence-corrected chi connectivity index (χ2v) is 4.91. The van der Waals surface area contributed by atoms with Crippen LogP contribution in [0.4, 0.5) is 0 Å². The van der Waals surface area contributed by atoms with Gasteiger partial charge in [-0.05, 0) is 55.0 Å². The molecule has 0 unspecified atom stereocenters. The molecule has 0 amide bonds. The van der Waals surface area contributed by atoms with Gasteiger partial charge in [0.15, 0.2) is 12.4 Å². The number of carboxylic acid groups (broad SMARTS) is 1. The summed E-state index contributed by atoms with van der Waals surface area (Å²) in [5, 5.41) is 8.55. The molecular weight excluding hydrogens is 308 g/mol. The summed E-state index contributed by atoms with van der Waals surface area (Å²) in [7, 11) is 0. The van der Waals surface area contributed by atoms with E-state index in [-0.39, 0.29) is 12.4 Å². The first kappa shape index (κ1) is 17.3. The Bertz CT molecular complexity index is 714. The molecule has 0 aromatic heterocycles. The largest absolute Gasteiger partial charge is 0.494 e. The topological polar surface area (TPSA) is 72.8 Å². The van der Waals surface area contributed by atoms with E-state index in [0.29, 0.717) is 17.9 Å². The number of carbonyl (C=O) groups is 2. The smallest absolute Gasteiger partial charge is 0.341 e. The van der Waals surface area contributed by atoms with Crippen LogP contribution in [0.1, 0.15) is 22.8 Å². The van der Waals surface area contributed by atoms with E-state index in [1.165, 1.54) is 6.08 Å². The van der Waals surface area contributed by atoms with E-state index in [9.17, 15) is 9.59 Å². The second-order valence-electron chi connectivity index (χ2n) is 4.91. The van der Waals surface area contributed by atoms with Gasteiger partial charge in [0.2, 0.25) is 0 Å². The number of carboxylic acids is 1. The Morgan fingerprint density at radius 1 is 0.958 bits per heavy atom. The van der Waals surface area contributed by atoms with Crippen molar-refractivity contribution in [2.24, 2.45) is 0 Å². The third-order valence-corrected chi connectivity index (χ3v) is 3.12. The van der Waals surface area contributed by atoms with Gasteiger partial charge in [0.05, 0.1) is 6.61 Å². The average Bonchev–Trinajstić information content (AvgIpc) is 2.59. The van der Waals surface area contributed by atoms with Crippen LogP contribution in [0, 0.1) is 0 Å². The van der Waals surface area contributed by atoms with Gasteiger partial charge in [-0.3, -0.25) is 4.79 Å². The summed E-state index contributed by atoms with van der Waals surface area (Å²) in [6, 6.07) is 13.8. The number of rotatable bonds is 8. The van der Waals surface area contributed by atoms with Gasteiger partial charge in [-0.15, -0.1) is 0 Å². The maximum Gasteiger partial charge on any atom is 0.341 e. The van der Waals surface area contributed by atoms with Crippen LogP contribution in [0.3, 0.4) is 0 Å². The minimum atomic E-state index is -1.03. The highest BCUT2D eigenvalue weighted by molar-refractivity contribution is 6.06. The molecule has 2 aromatic rings. The lowest BCUT2D eigenvalue weighted by molar-refractivity contribution is -0.139. The number of aliphatic carboxylic acids is 1. The summed E-state index contributed by atoms with van der Waals surface area (Å²) in [6.07, 6.45) is 3.18. The van der Waals surface area contributed by atoms with Crippen molar-refractivity contribution in [1.29, 1.82) is 0 Å². The molecule has 0 saturated carbocycles. The van der Waals surface area contributed by atoms with Gasteiger partial charge >= 0.3 is 5.97 Å². The SMILES string of the molecule is CCOc1ccc(C(=O)C=Cc2ccc(OCC(=O)O)cc2)cc1. The summed E-state index contributed by atoms with van der Waals surface area (Å²) in [4.78, 5) is 22.5. The maximum atomic E-state index is 12.1. The first-order valence-corrected chi connectivity index (χ1v) is 7.48. The lowest BCUT2D eigenvalue weighted by Gasteiger charge is -2.03. The van der Waals surface area contributed by atoms with E-state index < -0.39 is 5.97 Å². The maximum absolute atomic E-state index is 12.1. The highest BCUT2D eigenvalue weighted by Crippen LogP contribution is 2.15. The fraction of sp³-hybridized carbons (Fsp3) is 0.158. The molecule has 0 bridgehead atoms. The van der Waals surface area contributed by atoms with Crippen molar-refractivity contribution in [3.05, 3.63) is 65.7 Å². The molecule has 2 aromatic carbocycles. The summed E-state index contributed by atoms with van der Waals surface area (Å²) in [6.45, 7) is 2.10. The Balaban J connectivity index is 1.96. The van der Waals surface area contributed by atoms with Gasteiger partial charge in [-0.1, -0.05) is 18.2 Å². The number of hydrogen-bond acceptors (Lipinski definition) is 4. The fourth-order valence-corrected chi connectivity index (χ4v) is 1.97. The lowest BCUT2D eigenvalue weighted by atomic mass is 10.1. The van der Waals surface area contributed by atoms with Gasteiger partial charge in [0, 0.05) is 5.56 Å². The number of ketones is 1. The molecule has 1 N–H and O–H groups in total. The first-order valence-electron chi connectivity index (χ1n) is 7.48. The average molecular weight is 326 g/mol. The predicted molar refractivity (Wildman–Crippen MR) is 90.5 cm³/mol. The quantitative estimate of drug-likeness (QED) is 0.594. The number of ether oxygens (including phenoxy) is 2. The third kappa shape index (κ3) is 5.28. The van der Waals surface area contributed by atoms with E-state index in [4.69, 9.17) is 14.6 Å². The van der Waals surface area contributed by atoms with E-state index >= 15 is 0 Å². The molecule has 5 heteroatoms. The van der Waals surface area contributed by atoms with Gasteiger partial charge < -0.3 is 14.6 Å². The van der Waals surface area contributed by atoms with Crippen LogP contribution in [0.15, 0.2) is 54.6 Å². The molecule has 24 heavy (non-hydrogen) atoms. The van der Waals surface area contributed by atoms with Crippen molar-refractivity contribution >= 4 is 17.8 Å². The van der Waals surface area contributed by atoms with Gasteiger partial charge in [0.25, 0.3) is 0 Å². The molecule has 5 nitrogen and oxygen atoms in total. The normalized spacial score (nSPS) is 10.5. The number of benzene rings is 2. The molecule has 0 saturated heterocycles. The zero-order chi connectivity index (χ0) is 17.4. The van der Waals surface area contributed by atoms with Crippen molar-refractivity contribution in [2.75, 3.05) is 13.2 Å². The monoisotopic (exact) mass is 326 g/mol. The highest BCUT2D eigenvalue weighted by atomic mass is 16.5. The van der Waals surface area contributed by atoms with Crippen molar-refractivity contribution in [3.63, 3.8) is 0 Å². The van der Waals surface area contributed by atoms with Crippen molar-refractivity contribution in [3.8, 4) is 11.5 Å². The summed E-state index contributed by atoms with van der Waals surface area (Å²) in [5.41, 5.74) is 1.40. The Morgan fingerprint density at radius 3 is 2.12 bits per heavy atom. The molecule has 0 aliphatic heterocycles. The van der Waals surface area contributed by atoms with Gasteiger partial charge in [-0.2, -0.15) is 0 Å². The first-order chi connectivity index (χ1) is 11.6. The lowest BCUT2D eigenvalue weighted by Crippen LogP contribution is -2.09. The van der Waals surface area contributed by atoms with Crippen LogP contribution in [0.25, 0.3) is 6.08 Å². The molecule has 124 valence electrons. The van der Waals surface area contributed by atoms with Crippen LogP contribution in [-0.4, -0.2) is 30.1 Å². The molecule has 0 radical (unpaired) electrons. The minimum absolute atomic E-state index is 0.107. The number of carbonyl (C=O) groups excluding carboxylic acids is 1. The van der Waals surface area contributed by atoms with Crippen LogP contribution >= 0.6 is 0 Å². The number of allylic oxidation sites excluding steroid dienone is 1. The predicted octanol–water partition coefficient (Wildman–Crippen LogP) is 3.44. The minimum Gasteiger partial charge on any atom is -0.494 e. The molecular formula is C19H18O5. The summed E-state index contributed by atoms with van der Waals surface area (Å²) < 4.78 is 10.4. The second kappa shape index (κ2) is 8.53. The number of hydrogen-bond donors (Lipinski definition) is 1. The molecule has 0 heterocycles. The Labute approximate surface area is 140 Å². The summed E-state index contributed by atoms with van der Waals surface area (Å²) in [5.74, 6) is 0.0616. The van der Waals surface area contributed by atoms with E-state index in [1.807, 2.05) is 6.92 Å². The van der Waals surface area contributed by atoms with Crippen LogP contribution in [-0.2, 0) is 4.79 Å². The fourth-order valence-electron chi connectivity index (χ4n) is 1.97. The van der Waals surface area contributed by atoms with Crippen molar-refractivity contribution in [2.45, 2.75) is 6.92 Å². The zero-order valence-electron chi connectivity index (χ0n) is 13.3. The molecule has 0 atom stereocenters. The summed E-state index contributed by atoms with van der Waals surface area (Å²) >= 11 is 0. The van der Waals surface area contributed by atoms with Crippen LogP contribution in [0.5, 0.6) is 11.5 Å². The van der Waals surface area contributed by atoms with Crippen molar-refractivity contribution < 1.29 is 24.2 Å². The third-order valence-electron chi connectivity index (χ3n) is 3.12. The zero-order valence-corrected chi connectivity index (χ0v) is 13.3. The molecule has 2 rings (SSSR count). The molecule has 0 fully saturated rings. The van der Waals surface area contributed by atoms with Crippen LogP contribution < -0.4 is 9.47 Å².